The Morgan fingerprint density at radius 1 is 1.18 bits per heavy atom. The van der Waals surface area contributed by atoms with Gasteiger partial charge in [-0.2, -0.15) is 0 Å². The second-order valence-electron chi connectivity index (χ2n) is 5.77. The summed E-state index contributed by atoms with van der Waals surface area (Å²) in [4.78, 5) is 0. The van der Waals surface area contributed by atoms with Gasteiger partial charge in [0.15, 0.2) is 11.5 Å². The van der Waals surface area contributed by atoms with Crippen LogP contribution in [0, 0.1) is 0 Å². The molecule has 1 aliphatic carbocycles. The van der Waals surface area contributed by atoms with Crippen molar-refractivity contribution < 1.29 is 9.47 Å². The highest BCUT2D eigenvalue weighted by atomic mass is 16.5. The van der Waals surface area contributed by atoms with Gasteiger partial charge in [0.1, 0.15) is 6.10 Å². The predicted octanol–water partition coefficient (Wildman–Crippen LogP) is 4.17. The molecular formula is C19H23NO2. The second-order valence-corrected chi connectivity index (χ2v) is 5.77. The van der Waals surface area contributed by atoms with Crippen LogP contribution in [0.5, 0.6) is 11.5 Å². The average molecular weight is 297 g/mol. The van der Waals surface area contributed by atoms with E-state index in [1.807, 2.05) is 18.2 Å². The zero-order chi connectivity index (χ0) is 15.5. The van der Waals surface area contributed by atoms with Crippen molar-refractivity contribution >= 4 is 0 Å². The number of nitrogens with two attached hydrogens (primary N) is 1. The number of benzene rings is 2. The lowest BCUT2D eigenvalue weighted by molar-refractivity contribution is 0.198. The SMILES string of the molecule is CCC(N)c1ccc(OC)c(OC2CCc3ccccc32)c1. The first-order valence-electron chi connectivity index (χ1n) is 7.91. The molecule has 2 atom stereocenters. The van der Waals surface area contributed by atoms with Gasteiger partial charge in [-0.15, -0.1) is 0 Å². The maximum atomic E-state index is 6.28. The van der Waals surface area contributed by atoms with Crippen LogP contribution in [0.3, 0.4) is 0 Å². The number of hydrogen-bond donors (Lipinski definition) is 1. The molecule has 3 rings (SSSR count). The Hall–Kier alpha value is -2.00. The highest BCUT2D eigenvalue weighted by Crippen LogP contribution is 2.39. The third-order valence-corrected chi connectivity index (χ3v) is 4.40. The minimum Gasteiger partial charge on any atom is -0.493 e. The van der Waals surface area contributed by atoms with E-state index < -0.39 is 0 Å². The van der Waals surface area contributed by atoms with E-state index in [-0.39, 0.29) is 12.1 Å². The summed E-state index contributed by atoms with van der Waals surface area (Å²) in [5.41, 5.74) is 9.90. The van der Waals surface area contributed by atoms with E-state index in [0.29, 0.717) is 0 Å². The molecule has 0 saturated carbocycles. The van der Waals surface area contributed by atoms with Gasteiger partial charge in [-0.25, -0.2) is 0 Å². The number of aryl methyl sites for hydroxylation is 1. The highest BCUT2D eigenvalue weighted by Gasteiger charge is 2.24. The fraction of sp³-hybridized carbons (Fsp3) is 0.368. The van der Waals surface area contributed by atoms with Crippen molar-refractivity contribution in [3.8, 4) is 11.5 Å². The Bertz CT molecular complexity index is 654. The zero-order valence-electron chi connectivity index (χ0n) is 13.2. The lowest BCUT2D eigenvalue weighted by Gasteiger charge is -2.19. The molecule has 3 heteroatoms. The summed E-state index contributed by atoms with van der Waals surface area (Å²) in [6, 6.07) is 14.5. The topological polar surface area (TPSA) is 44.5 Å². The highest BCUT2D eigenvalue weighted by molar-refractivity contribution is 5.45. The first kappa shape index (κ1) is 14.9. The van der Waals surface area contributed by atoms with Crippen LogP contribution in [0.4, 0.5) is 0 Å². The molecule has 1 aliphatic rings. The summed E-state index contributed by atoms with van der Waals surface area (Å²) < 4.78 is 11.7. The van der Waals surface area contributed by atoms with Crippen LogP contribution in [-0.2, 0) is 6.42 Å². The Morgan fingerprint density at radius 3 is 2.77 bits per heavy atom. The number of rotatable bonds is 5. The Morgan fingerprint density at radius 2 is 2.00 bits per heavy atom. The fourth-order valence-electron chi connectivity index (χ4n) is 3.05. The largest absolute Gasteiger partial charge is 0.493 e. The summed E-state index contributed by atoms with van der Waals surface area (Å²) in [6.07, 6.45) is 3.07. The van der Waals surface area contributed by atoms with E-state index in [1.165, 1.54) is 11.1 Å². The lowest BCUT2D eigenvalue weighted by Crippen LogP contribution is -2.10. The molecule has 0 heterocycles. The van der Waals surface area contributed by atoms with Gasteiger partial charge in [-0.3, -0.25) is 0 Å². The predicted molar refractivity (Wildman–Crippen MR) is 88.3 cm³/mol. The van der Waals surface area contributed by atoms with Crippen molar-refractivity contribution in [3.63, 3.8) is 0 Å². The van der Waals surface area contributed by atoms with Crippen molar-refractivity contribution in [2.24, 2.45) is 5.73 Å². The standard InChI is InChI=1S/C19H23NO2/c1-3-16(20)14-9-11-18(21-2)19(12-14)22-17-10-8-13-6-4-5-7-15(13)17/h4-7,9,11-12,16-17H,3,8,10,20H2,1-2H3. The van der Waals surface area contributed by atoms with Gasteiger partial charge < -0.3 is 15.2 Å². The molecule has 0 amide bonds. The third kappa shape index (κ3) is 2.81. The molecule has 22 heavy (non-hydrogen) atoms. The molecule has 0 aliphatic heterocycles. The quantitative estimate of drug-likeness (QED) is 0.900. The minimum atomic E-state index is 0.0316. The van der Waals surface area contributed by atoms with E-state index >= 15 is 0 Å². The van der Waals surface area contributed by atoms with Gasteiger partial charge in [0.25, 0.3) is 0 Å². The monoisotopic (exact) mass is 297 g/mol. The molecule has 0 spiro atoms. The molecule has 0 saturated heterocycles. The summed E-state index contributed by atoms with van der Waals surface area (Å²) in [5, 5.41) is 0. The van der Waals surface area contributed by atoms with E-state index in [0.717, 1.165) is 36.3 Å². The van der Waals surface area contributed by atoms with Crippen LogP contribution in [0.25, 0.3) is 0 Å². The zero-order valence-corrected chi connectivity index (χ0v) is 13.2. The van der Waals surface area contributed by atoms with Crippen LogP contribution in [0.15, 0.2) is 42.5 Å². The van der Waals surface area contributed by atoms with Crippen molar-refractivity contribution in [1.29, 1.82) is 0 Å². The summed E-state index contributed by atoms with van der Waals surface area (Å²) in [6.45, 7) is 2.09. The number of ether oxygens (including phenoxy) is 2. The Balaban J connectivity index is 1.88. The smallest absolute Gasteiger partial charge is 0.162 e. The molecule has 0 bridgehead atoms. The van der Waals surface area contributed by atoms with E-state index in [4.69, 9.17) is 15.2 Å². The van der Waals surface area contributed by atoms with Gasteiger partial charge in [0.2, 0.25) is 0 Å². The van der Waals surface area contributed by atoms with Gasteiger partial charge in [-0.1, -0.05) is 37.3 Å². The van der Waals surface area contributed by atoms with Gasteiger partial charge in [-0.05, 0) is 48.1 Å². The average Bonchev–Trinajstić information content (AvgIpc) is 2.97. The number of methoxy groups -OCH3 is 1. The molecule has 2 aromatic carbocycles. The Kier molecular flexibility index (Phi) is 4.34. The summed E-state index contributed by atoms with van der Waals surface area (Å²) in [5.74, 6) is 1.54. The normalized spacial score (nSPS) is 17.9. The van der Waals surface area contributed by atoms with Gasteiger partial charge >= 0.3 is 0 Å². The first-order chi connectivity index (χ1) is 10.7. The molecule has 0 aromatic heterocycles. The van der Waals surface area contributed by atoms with Crippen LogP contribution >= 0.6 is 0 Å². The lowest BCUT2D eigenvalue weighted by atomic mass is 10.0. The maximum Gasteiger partial charge on any atom is 0.162 e. The fourth-order valence-corrected chi connectivity index (χ4v) is 3.05. The molecule has 0 fully saturated rings. The minimum absolute atomic E-state index is 0.0316. The number of hydrogen-bond acceptors (Lipinski definition) is 3. The van der Waals surface area contributed by atoms with Crippen LogP contribution in [0.1, 0.15) is 48.6 Å². The van der Waals surface area contributed by atoms with Crippen molar-refractivity contribution in [2.45, 2.75) is 38.3 Å². The van der Waals surface area contributed by atoms with Crippen LogP contribution in [0.2, 0.25) is 0 Å². The summed E-state index contributed by atoms with van der Waals surface area (Å²) in [7, 11) is 1.67. The maximum absolute atomic E-state index is 6.28. The van der Waals surface area contributed by atoms with E-state index in [2.05, 4.69) is 31.2 Å². The van der Waals surface area contributed by atoms with Crippen molar-refractivity contribution in [1.82, 2.24) is 0 Å². The van der Waals surface area contributed by atoms with Crippen molar-refractivity contribution in [2.75, 3.05) is 7.11 Å². The first-order valence-corrected chi connectivity index (χ1v) is 7.91. The molecule has 2 aromatic rings. The molecule has 2 unspecified atom stereocenters. The number of fused-ring (bicyclic) bond motifs is 1. The molecule has 0 radical (unpaired) electrons. The van der Waals surface area contributed by atoms with Crippen molar-refractivity contribution in [3.05, 3.63) is 59.2 Å². The van der Waals surface area contributed by atoms with E-state index in [9.17, 15) is 0 Å². The van der Waals surface area contributed by atoms with Crippen LogP contribution in [-0.4, -0.2) is 7.11 Å². The molecule has 2 N–H and O–H groups in total. The van der Waals surface area contributed by atoms with Gasteiger partial charge in [0, 0.05) is 6.04 Å². The van der Waals surface area contributed by atoms with Crippen LogP contribution < -0.4 is 15.2 Å². The Labute approximate surface area is 132 Å². The molecule has 116 valence electrons. The molecular weight excluding hydrogens is 274 g/mol. The molecule has 3 nitrogen and oxygen atoms in total. The summed E-state index contributed by atoms with van der Waals surface area (Å²) >= 11 is 0. The van der Waals surface area contributed by atoms with E-state index in [1.54, 1.807) is 7.11 Å². The third-order valence-electron chi connectivity index (χ3n) is 4.40. The van der Waals surface area contributed by atoms with Gasteiger partial charge in [0.05, 0.1) is 7.11 Å². The second kappa shape index (κ2) is 6.41.